The number of ether oxygens (including phenoxy) is 1. The molecule has 4 heterocycles. The number of amidine groups is 1. The van der Waals surface area contributed by atoms with Gasteiger partial charge < -0.3 is 9.30 Å². The number of halogens is 1. The fourth-order valence-corrected chi connectivity index (χ4v) is 6.09. The highest BCUT2D eigenvalue weighted by Gasteiger charge is 2.42. The number of aryl methyl sites for hydroxylation is 1. The molecule has 2 aliphatic rings. The van der Waals surface area contributed by atoms with E-state index in [1.165, 1.54) is 40.8 Å². The van der Waals surface area contributed by atoms with Gasteiger partial charge in [0.05, 0.1) is 34.6 Å². The summed E-state index contributed by atoms with van der Waals surface area (Å²) < 4.78 is 57.3. The second kappa shape index (κ2) is 7.64. The minimum absolute atomic E-state index is 0.182. The number of morpholine rings is 1. The zero-order valence-electron chi connectivity index (χ0n) is 17.8. The molecule has 2 aromatic carbocycles. The van der Waals surface area contributed by atoms with Gasteiger partial charge in [0.15, 0.2) is 5.76 Å². The Kier molecular flexibility index (Phi) is 4.67. The average molecular weight is 497 g/mol. The van der Waals surface area contributed by atoms with Crippen LogP contribution < -0.4 is 4.41 Å². The van der Waals surface area contributed by atoms with Gasteiger partial charge in [0, 0.05) is 17.8 Å². The van der Waals surface area contributed by atoms with Gasteiger partial charge in [-0.05, 0) is 60.4 Å². The first-order chi connectivity index (χ1) is 16.4. The normalized spacial score (nSPS) is 18.3. The quantitative estimate of drug-likeness (QED) is 0.430. The highest BCUT2D eigenvalue weighted by atomic mass is 32.2. The second-order valence-corrected chi connectivity index (χ2v) is 9.98. The van der Waals surface area contributed by atoms with Crippen molar-refractivity contribution in [1.82, 2.24) is 18.9 Å². The van der Waals surface area contributed by atoms with E-state index in [2.05, 4.69) is 13.8 Å². The first-order valence-electron chi connectivity index (χ1n) is 10.3. The molecule has 0 aliphatic carbocycles. The molecule has 2 aliphatic heterocycles. The van der Waals surface area contributed by atoms with Crippen molar-refractivity contribution in [3.05, 3.63) is 78.0 Å². The summed E-state index contributed by atoms with van der Waals surface area (Å²) in [5.41, 5.74) is 2.98. The molecule has 0 saturated carbocycles. The van der Waals surface area contributed by atoms with E-state index < -0.39 is 16.0 Å². The van der Waals surface area contributed by atoms with Gasteiger partial charge in [0.25, 0.3) is 0 Å². The maximum atomic E-state index is 13.4. The number of nitrogens with zero attached hydrogens (tertiary/aromatic N) is 6. The van der Waals surface area contributed by atoms with Gasteiger partial charge in [-0.15, -0.1) is 4.40 Å². The Balaban J connectivity index is 1.42. The van der Waals surface area contributed by atoms with E-state index >= 15 is 0 Å². The Hall–Kier alpha value is -3.77. The van der Waals surface area contributed by atoms with E-state index in [1.807, 2.05) is 29.8 Å². The van der Waals surface area contributed by atoms with Crippen LogP contribution in [-0.4, -0.2) is 46.3 Å². The van der Waals surface area contributed by atoms with E-state index in [4.69, 9.17) is 4.74 Å². The van der Waals surface area contributed by atoms with Crippen molar-refractivity contribution in [3.63, 3.8) is 0 Å². The number of rotatable bonds is 3. The van der Waals surface area contributed by atoms with Crippen molar-refractivity contribution in [1.29, 1.82) is 0 Å². The van der Waals surface area contributed by atoms with E-state index in [1.54, 1.807) is 18.6 Å². The Bertz CT molecular complexity index is 1590. The molecule has 1 saturated heterocycles. The summed E-state index contributed by atoms with van der Waals surface area (Å²) in [7, 11) is -4.05. The molecule has 12 heteroatoms. The van der Waals surface area contributed by atoms with Gasteiger partial charge in [-0.1, -0.05) is 6.07 Å². The number of hydrogen-bond donors (Lipinski definition) is 0. The lowest BCUT2D eigenvalue weighted by molar-refractivity contribution is 0.176. The van der Waals surface area contributed by atoms with Gasteiger partial charge >= 0.3 is 10.2 Å². The number of hydrogen-bond acceptors (Lipinski definition) is 7. The van der Waals surface area contributed by atoms with E-state index in [9.17, 15) is 12.8 Å². The highest BCUT2D eigenvalue weighted by Crippen LogP contribution is 2.34. The summed E-state index contributed by atoms with van der Waals surface area (Å²) in [6.45, 7) is 2.47. The molecule has 172 valence electrons. The molecule has 9 nitrogen and oxygen atoms in total. The van der Waals surface area contributed by atoms with Gasteiger partial charge in [-0.25, -0.2) is 14.4 Å². The molecule has 6 rings (SSSR count). The smallest absolute Gasteiger partial charge is 0.364 e. The zero-order chi connectivity index (χ0) is 23.4. The molecule has 0 amide bonds. The first-order valence-corrected chi connectivity index (χ1v) is 12.5. The number of imidazole rings is 1. The Morgan fingerprint density at radius 1 is 1.18 bits per heavy atom. The standard InChI is InChI=1S/C22H17FN6O3S2/c1-14-12-27(13-24-14)19-7-2-15(18-11-25-33-21(18)19)10-20-22-26-34(30,31)29(28(22)8-9-32-20)17-5-3-16(23)4-6-17/h2-7,10-13H,8-9H2,1H3/b20-10+. The zero-order valence-corrected chi connectivity index (χ0v) is 19.4. The van der Waals surface area contributed by atoms with Crippen LogP contribution in [0.1, 0.15) is 11.3 Å². The number of benzene rings is 2. The monoisotopic (exact) mass is 496 g/mol. The lowest BCUT2D eigenvalue weighted by Gasteiger charge is -2.33. The van der Waals surface area contributed by atoms with Crippen LogP contribution in [0.15, 0.2) is 65.3 Å². The summed E-state index contributed by atoms with van der Waals surface area (Å²) in [5, 5.41) is 2.43. The highest BCUT2D eigenvalue weighted by molar-refractivity contribution is 7.92. The van der Waals surface area contributed by atoms with Crippen LogP contribution in [0.25, 0.3) is 21.8 Å². The van der Waals surface area contributed by atoms with Gasteiger partial charge in [0.1, 0.15) is 12.4 Å². The van der Waals surface area contributed by atoms with E-state index in [0.717, 1.165) is 31.4 Å². The molecule has 0 N–H and O–H groups in total. The molecular formula is C22H17FN6O3S2. The van der Waals surface area contributed by atoms with Crippen LogP contribution in [0.5, 0.6) is 0 Å². The fourth-order valence-electron chi connectivity index (χ4n) is 4.02. The Morgan fingerprint density at radius 3 is 2.76 bits per heavy atom. The third kappa shape index (κ3) is 3.33. The molecule has 0 radical (unpaired) electrons. The van der Waals surface area contributed by atoms with Crippen molar-refractivity contribution < 1.29 is 17.5 Å². The summed E-state index contributed by atoms with van der Waals surface area (Å²) in [4.78, 5) is 4.30. The molecule has 0 bridgehead atoms. The van der Waals surface area contributed by atoms with E-state index in [0.29, 0.717) is 11.4 Å². The third-order valence-corrected chi connectivity index (χ3v) is 7.60. The number of fused-ring (bicyclic) bond motifs is 2. The van der Waals surface area contributed by atoms with Gasteiger partial charge in [0.2, 0.25) is 5.84 Å². The van der Waals surface area contributed by atoms with Crippen molar-refractivity contribution in [2.45, 2.75) is 6.92 Å². The SMILES string of the molecule is Cc1cn(-c2ccc(/C=C3/OCCN4C3=NS(=O)(=O)N4c3ccc(F)cc3)c3cnsc23)cn1. The minimum atomic E-state index is -4.05. The minimum Gasteiger partial charge on any atom is -0.488 e. The van der Waals surface area contributed by atoms with Crippen LogP contribution in [0.2, 0.25) is 0 Å². The molecule has 0 spiro atoms. The van der Waals surface area contributed by atoms with Crippen molar-refractivity contribution in [2.75, 3.05) is 17.6 Å². The molecule has 0 atom stereocenters. The van der Waals surface area contributed by atoms with Gasteiger partial charge in [-0.2, -0.15) is 17.2 Å². The summed E-state index contributed by atoms with van der Waals surface area (Å²) in [6, 6.07) is 9.13. The summed E-state index contributed by atoms with van der Waals surface area (Å²) in [6.07, 6.45) is 7.25. The van der Waals surface area contributed by atoms with Crippen LogP contribution in [-0.2, 0) is 14.9 Å². The summed E-state index contributed by atoms with van der Waals surface area (Å²) in [5.74, 6) is 0.0612. The predicted molar refractivity (Wildman–Crippen MR) is 127 cm³/mol. The van der Waals surface area contributed by atoms with Crippen molar-refractivity contribution >= 4 is 49.4 Å². The molecule has 4 aromatic rings. The maximum absolute atomic E-state index is 13.4. The third-order valence-electron chi connectivity index (χ3n) is 5.52. The second-order valence-electron chi connectivity index (χ2n) is 7.76. The number of hydrazine groups is 1. The average Bonchev–Trinajstić information content (AvgIpc) is 3.52. The van der Waals surface area contributed by atoms with Crippen LogP contribution in [0, 0.1) is 12.7 Å². The topological polar surface area (TPSA) is 92.9 Å². The first kappa shape index (κ1) is 20.8. The number of anilines is 1. The largest absolute Gasteiger partial charge is 0.488 e. The molecule has 2 aromatic heterocycles. The number of aromatic nitrogens is 3. The van der Waals surface area contributed by atoms with Crippen molar-refractivity contribution in [2.24, 2.45) is 4.40 Å². The molecular weight excluding hydrogens is 479 g/mol. The predicted octanol–water partition coefficient (Wildman–Crippen LogP) is 3.68. The van der Waals surface area contributed by atoms with Crippen LogP contribution in [0.3, 0.4) is 0 Å². The van der Waals surface area contributed by atoms with Gasteiger partial charge in [-0.3, -0.25) is 0 Å². The maximum Gasteiger partial charge on any atom is 0.364 e. The van der Waals surface area contributed by atoms with E-state index in [-0.39, 0.29) is 19.0 Å². The Morgan fingerprint density at radius 2 is 2.00 bits per heavy atom. The molecule has 0 unspecified atom stereocenters. The fraction of sp³-hybridized carbons (Fsp3) is 0.136. The Labute approximate surface area is 198 Å². The van der Waals surface area contributed by atoms with Crippen LogP contribution >= 0.6 is 11.5 Å². The lowest BCUT2D eigenvalue weighted by atomic mass is 10.1. The lowest BCUT2D eigenvalue weighted by Crippen LogP contribution is -2.48. The molecule has 1 fully saturated rings. The van der Waals surface area contributed by atoms with Crippen molar-refractivity contribution in [3.8, 4) is 5.69 Å². The van der Waals surface area contributed by atoms with Crippen LogP contribution in [0.4, 0.5) is 10.1 Å². The molecule has 34 heavy (non-hydrogen) atoms. The summed E-state index contributed by atoms with van der Waals surface area (Å²) >= 11 is 1.37.